The Bertz CT molecular complexity index is 1080. The minimum Gasteiger partial charge on any atom is -0.287 e. The van der Waals surface area contributed by atoms with Crippen molar-refractivity contribution in [3.63, 3.8) is 0 Å². The molecule has 0 saturated carbocycles. The van der Waals surface area contributed by atoms with E-state index in [9.17, 15) is 12.8 Å². The Labute approximate surface area is 162 Å². The molecule has 0 aliphatic carbocycles. The predicted molar refractivity (Wildman–Crippen MR) is 101 cm³/mol. The van der Waals surface area contributed by atoms with E-state index in [0.717, 1.165) is 30.8 Å². The summed E-state index contributed by atoms with van der Waals surface area (Å²) in [6.07, 6.45) is 8.88. The van der Waals surface area contributed by atoms with Crippen LogP contribution in [-0.4, -0.2) is 38.8 Å². The second-order valence-corrected chi connectivity index (χ2v) is 8.49. The lowest BCUT2D eigenvalue weighted by molar-refractivity contribution is 0.389. The van der Waals surface area contributed by atoms with Crippen LogP contribution in [0.4, 0.5) is 4.39 Å². The zero-order valence-corrected chi connectivity index (χ0v) is 16.2. The van der Waals surface area contributed by atoms with Gasteiger partial charge in [-0.2, -0.15) is 4.31 Å². The molecule has 7 nitrogen and oxygen atoms in total. The van der Waals surface area contributed by atoms with E-state index in [1.807, 2.05) is 17.7 Å². The third-order valence-corrected chi connectivity index (χ3v) is 6.81. The van der Waals surface area contributed by atoms with Crippen molar-refractivity contribution >= 4 is 10.0 Å². The summed E-state index contributed by atoms with van der Waals surface area (Å²) in [4.78, 5) is 13.3. The zero-order chi connectivity index (χ0) is 19.7. The van der Waals surface area contributed by atoms with Gasteiger partial charge in [-0.05, 0) is 37.1 Å². The van der Waals surface area contributed by atoms with Gasteiger partial charge >= 0.3 is 0 Å². The number of aryl methyl sites for hydroxylation is 1. The Balaban J connectivity index is 1.69. The Hall–Kier alpha value is -2.65. The van der Waals surface area contributed by atoms with E-state index in [1.54, 1.807) is 18.6 Å². The van der Waals surface area contributed by atoms with Crippen molar-refractivity contribution in [2.75, 3.05) is 6.54 Å². The first-order valence-corrected chi connectivity index (χ1v) is 10.6. The number of hydrogen-bond acceptors (Lipinski definition) is 5. The highest BCUT2D eigenvalue weighted by Gasteiger charge is 2.37. The number of nitrogens with zero attached hydrogens (tertiary/aromatic N) is 5. The minimum absolute atomic E-state index is 0.0767. The molecule has 1 saturated heterocycles. The van der Waals surface area contributed by atoms with Crippen molar-refractivity contribution in [3.05, 3.63) is 66.4 Å². The maximum absolute atomic E-state index is 13.2. The molecule has 1 aliphatic rings. The van der Waals surface area contributed by atoms with E-state index in [-0.39, 0.29) is 4.90 Å². The monoisotopic (exact) mass is 401 g/mol. The fourth-order valence-electron chi connectivity index (χ4n) is 3.52. The average Bonchev–Trinajstić information content (AvgIpc) is 3.38. The van der Waals surface area contributed by atoms with Gasteiger partial charge in [0.25, 0.3) is 0 Å². The third-order valence-electron chi connectivity index (χ3n) is 4.89. The van der Waals surface area contributed by atoms with Crippen molar-refractivity contribution in [1.29, 1.82) is 0 Å². The lowest BCUT2D eigenvalue weighted by Crippen LogP contribution is -2.31. The number of imidazole rings is 1. The number of rotatable bonds is 5. The van der Waals surface area contributed by atoms with Crippen LogP contribution in [0.3, 0.4) is 0 Å². The largest absolute Gasteiger partial charge is 0.287 e. The minimum atomic E-state index is -3.75. The Morgan fingerprint density at radius 1 is 1.21 bits per heavy atom. The molecule has 0 radical (unpaired) electrons. The van der Waals surface area contributed by atoms with Crippen LogP contribution in [0.1, 0.15) is 37.3 Å². The summed E-state index contributed by atoms with van der Waals surface area (Å²) in [6.45, 7) is 2.39. The SMILES string of the molecule is CCc1nccn1-c1cncc([C@H]2CCCN2S(=O)(=O)c2ccc(F)cc2)n1. The van der Waals surface area contributed by atoms with E-state index < -0.39 is 21.9 Å². The first kappa shape index (κ1) is 18.7. The molecule has 1 aromatic carbocycles. The van der Waals surface area contributed by atoms with Crippen molar-refractivity contribution < 1.29 is 12.8 Å². The maximum atomic E-state index is 13.2. The molecular weight excluding hydrogens is 381 g/mol. The fourth-order valence-corrected chi connectivity index (χ4v) is 5.19. The molecule has 0 unspecified atom stereocenters. The molecule has 0 spiro atoms. The van der Waals surface area contributed by atoms with Crippen LogP contribution in [0.5, 0.6) is 0 Å². The van der Waals surface area contributed by atoms with Gasteiger partial charge in [0, 0.05) is 25.4 Å². The number of sulfonamides is 1. The summed E-state index contributed by atoms with van der Waals surface area (Å²) in [5.74, 6) is 0.995. The van der Waals surface area contributed by atoms with E-state index in [4.69, 9.17) is 0 Å². The average molecular weight is 401 g/mol. The first-order chi connectivity index (χ1) is 13.5. The number of hydrogen-bond donors (Lipinski definition) is 0. The van der Waals surface area contributed by atoms with Crippen LogP contribution in [0.2, 0.25) is 0 Å². The van der Waals surface area contributed by atoms with Gasteiger partial charge in [0.1, 0.15) is 11.6 Å². The van der Waals surface area contributed by atoms with E-state index >= 15 is 0 Å². The summed E-state index contributed by atoms with van der Waals surface area (Å²) in [5, 5.41) is 0. The van der Waals surface area contributed by atoms with E-state index in [2.05, 4.69) is 15.0 Å². The predicted octanol–water partition coefficient (Wildman–Crippen LogP) is 2.89. The lowest BCUT2D eigenvalue weighted by atomic mass is 10.2. The lowest BCUT2D eigenvalue weighted by Gasteiger charge is -2.24. The van der Waals surface area contributed by atoms with Gasteiger partial charge in [-0.25, -0.2) is 22.8 Å². The van der Waals surface area contributed by atoms with Crippen LogP contribution in [0, 0.1) is 5.82 Å². The summed E-state index contributed by atoms with van der Waals surface area (Å²) < 4.78 is 42.7. The first-order valence-electron chi connectivity index (χ1n) is 9.12. The molecule has 0 bridgehead atoms. The van der Waals surface area contributed by atoms with E-state index in [0.29, 0.717) is 24.5 Å². The summed E-state index contributed by atoms with van der Waals surface area (Å²) in [7, 11) is -3.75. The van der Waals surface area contributed by atoms with Gasteiger partial charge in [-0.3, -0.25) is 9.55 Å². The molecule has 146 valence electrons. The van der Waals surface area contributed by atoms with Gasteiger partial charge in [0.15, 0.2) is 5.82 Å². The Kier molecular flexibility index (Phi) is 4.94. The Morgan fingerprint density at radius 3 is 2.75 bits per heavy atom. The molecule has 1 fully saturated rings. The molecule has 3 aromatic rings. The smallest absolute Gasteiger partial charge is 0.243 e. The molecule has 4 rings (SSSR count). The molecule has 0 amide bonds. The van der Waals surface area contributed by atoms with Gasteiger partial charge in [-0.1, -0.05) is 6.92 Å². The number of aromatic nitrogens is 4. The molecule has 9 heteroatoms. The van der Waals surface area contributed by atoms with Crippen LogP contribution in [0.25, 0.3) is 5.82 Å². The van der Waals surface area contributed by atoms with Crippen LogP contribution in [0.15, 0.2) is 53.9 Å². The molecule has 3 heterocycles. The highest BCUT2D eigenvalue weighted by atomic mass is 32.2. The van der Waals surface area contributed by atoms with Crippen LogP contribution < -0.4 is 0 Å². The summed E-state index contributed by atoms with van der Waals surface area (Å²) in [5.41, 5.74) is 0.594. The normalized spacial score (nSPS) is 17.9. The second-order valence-electron chi connectivity index (χ2n) is 6.60. The highest BCUT2D eigenvalue weighted by Crippen LogP contribution is 2.35. The second kappa shape index (κ2) is 7.40. The van der Waals surface area contributed by atoms with Gasteiger partial charge in [0.2, 0.25) is 10.0 Å². The quantitative estimate of drug-likeness (QED) is 0.657. The molecule has 28 heavy (non-hydrogen) atoms. The van der Waals surface area contributed by atoms with Crippen molar-refractivity contribution in [1.82, 2.24) is 23.8 Å². The van der Waals surface area contributed by atoms with Crippen molar-refractivity contribution in [2.24, 2.45) is 0 Å². The standard InChI is InChI=1S/C19H20FN5O2S/c1-2-18-22-9-11-24(18)19-13-21-12-16(23-19)17-4-3-10-25(17)28(26,27)15-7-5-14(20)6-8-15/h5-9,11-13,17H,2-4,10H2,1H3/t17-/m1/s1. The summed E-state index contributed by atoms with van der Waals surface area (Å²) in [6, 6.07) is 4.49. The van der Waals surface area contributed by atoms with Crippen LogP contribution >= 0.6 is 0 Å². The van der Waals surface area contributed by atoms with Gasteiger partial charge in [0.05, 0.1) is 29.0 Å². The molecule has 1 aliphatic heterocycles. The number of benzene rings is 1. The maximum Gasteiger partial charge on any atom is 0.243 e. The Morgan fingerprint density at radius 2 is 2.00 bits per heavy atom. The molecule has 1 atom stereocenters. The molecular formula is C19H20FN5O2S. The van der Waals surface area contributed by atoms with Gasteiger partial charge in [-0.15, -0.1) is 0 Å². The highest BCUT2D eigenvalue weighted by molar-refractivity contribution is 7.89. The van der Waals surface area contributed by atoms with Crippen molar-refractivity contribution in [3.8, 4) is 5.82 Å². The molecule has 0 N–H and O–H groups in total. The topological polar surface area (TPSA) is 81.0 Å². The van der Waals surface area contributed by atoms with E-state index in [1.165, 1.54) is 16.4 Å². The fraction of sp³-hybridized carbons (Fsp3) is 0.316. The van der Waals surface area contributed by atoms with Crippen LogP contribution in [-0.2, 0) is 16.4 Å². The molecule has 2 aromatic heterocycles. The van der Waals surface area contributed by atoms with Crippen molar-refractivity contribution in [2.45, 2.75) is 37.1 Å². The summed E-state index contributed by atoms with van der Waals surface area (Å²) >= 11 is 0. The zero-order valence-electron chi connectivity index (χ0n) is 15.4. The third kappa shape index (κ3) is 3.31. The van der Waals surface area contributed by atoms with Gasteiger partial charge < -0.3 is 0 Å². The number of halogens is 1.